The number of aromatic nitrogens is 2. The summed E-state index contributed by atoms with van der Waals surface area (Å²) in [6, 6.07) is 16.0. The molecular weight excluding hydrogens is 336 g/mol. The lowest BCUT2D eigenvalue weighted by molar-refractivity contribution is 0.103. The summed E-state index contributed by atoms with van der Waals surface area (Å²) in [6.45, 7) is 0. The first-order chi connectivity index (χ1) is 12.6. The Balaban J connectivity index is 1.88. The number of rotatable bonds is 3. The van der Waals surface area contributed by atoms with Gasteiger partial charge in [-0.1, -0.05) is 36.4 Å². The highest BCUT2D eigenvalue weighted by Crippen LogP contribution is 2.27. The molecule has 2 heterocycles. The van der Waals surface area contributed by atoms with Crippen LogP contribution in [0.5, 0.6) is 0 Å². The van der Waals surface area contributed by atoms with Gasteiger partial charge in [-0.25, -0.2) is 13.8 Å². The van der Waals surface area contributed by atoms with Gasteiger partial charge in [-0.3, -0.25) is 9.20 Å². The standard InChI is InChI=1S/C20H13F2N3O/c21-15-8-4-7-14(17(15)22)19(26)13-9-10-16-24-20(23)18(25(16)11-13)12-5-2-1-3-6-12/h1-11H,23H2. The third-order valence-electron chi connectivity index (χ3n) is 4.15. The minimum atomic E-state index is -1.16. The maximum absolute atomic E-state index is 14.0. The molecule has 4 nitrogen and oxygen atoms in total. The number of hydrogen-bond acceptors (Lipinski definition) is 3. The van der Waals surface area contributed by atoms with E-state index in [-0.39, 0.29) is 11.1 Å². The fourth-order valence-corrected chi connectivity index (χ4v) is 2.91. The largest absolute Gasteiger partial charge is 0.382 e. The molecule has 4 aromatic rings. The predicted molar refractivity (Wildman–Crippen MR) is 94.8 cm³/mol. The number of nitrogens with two attached hydrogens (primary N) is 1. The molecule has 0 atom stereocenters. The van der Waals surface area contributed by atoms with Crippen LogP contribution in [-0.4, -0.2) is 15.2 Å². The lowest BCUT2D eigenvalue weighted by atomic mass is 10.0. The molecule has 0 aliphatic rings. The van der Waals surface area contributed by atoms with Crippen LogP contribution in [0.25, 0.3) is 16.9 Å². The van der Waals surface area contributed by atoms with Gasteiger partial charge in [0.15, 0.2) is 23.2 Å². The van der Waals surface area contributed by atoms with Crippen molar-refractivity contribution in [3.8, 4) is 11.3 Å². The summed E-state index contributed by atoms with van der Waals surface area (Å²) in [5, 5.41) is 0. The molecule has 128 valence electrons. The molecule has 4 rings (SSSR count). The number of pyridine rings is 1. The maximum Gasteiger partial charge on any atom is 0.197 e. The normalized spacial score (nSPS) is 11.0. The van der Waals surface area contributed by atoms with Gasteiger partial charge < -0.3 is 5.73 Å². The van der Waals surface area contributed by atoms with Crippen LogP contribution in [0.2, 0.25) is 0 Å². The van der Waals surface area contributed by atoms with E-state index in [1.54, 1.807) is 10.5 Å². The number of fused-ring (bicyclic) bond motifs is 1. The molecule has 0 unspecified atom stereocenters. The highest BCUT2D eigenvalue weighted by Gasteiger charge is 2.19. The Hall–Kier alpha value is -3.54. The minimum absolute atomic E-state index is 0.205. The van der Waals surface area contributed by atoms with E-state index >= 15 is 0 Å². The van der Waals surface area contributed by atoms with Gasteiger partial charge in [0.25, 0.3) is 0 Å². The van der Waals surface area contributed by atoms with Gasteiger partial charge in [0.2, 0.25) is 0 Å². The summed E-state index contributed by atoms with van der Waals surface area (Å²) in [5.41, 5.74) is 7.94. The molecule has 2 aromatic carbocycles. The van der Waals surface area contributed by atoms with Crippen molar-refractivity contribution in [3.63, 3.8) is 0 Å². The Bertz CT molecular complexity index is 1140. The Morgan fingerprint density at radius 1 is 0.962 bits per heavy atom. The van der Waals surface area contributed by atoms with Crippen LogP contribution >= 0.6 is 0 Å². The quantitative estimate of drug-likeness (QED) is 0.567. The Morgan fingerprint density at radius 2 is 1.73 bits per heavy atom. The first kappa shape index (κ1) is 16.0. The second-order valence-corrected chi connectivity index (χ2v) is 5.79. The molecule has 0 radical (unpaired) electrons. The van der Waals surface area contributed by atoms with E-state index in [1.165, 1.54) is 24.4 Å². The first-order valence-corrected chi connectivity index (χ1v) is 7.88. The summed E-state index contributed by atoms with van der Waals surface area (Å²) < 4.78 is 29.1. The third kappa shape index (κ3) is 2.52. The molecule has 0 spiro atoms. The average molecular weight is 349 g/mol. The van der Waals surface area contributed by atoms with Gasteiger partial charge in [0, 0.05) is 17.3 Å². The number of ketones is 1. The summed E-state index contributed by atoms with van der Waals surface area (Å²) >= 11 is 0. The molecule has 6 heteroatoms. The van der Waals surface area contributed by atoms with E-state index in [4.69, 9.17) is 5.73 Å². The average Bonchev–Trinajstić information content (AvgIpc) is 2.99. The third-order valence-corrected chi connectivity index (χ3v) is 4.15. The van der Waals surface area contributed by atoms with Crippen LogP contribution in [0.1, 0.15) is 15.9 Å². The van der Waals surface area contributed by atoms with Crippen molar-refractivity contribution < 1.29 is 13.6 Å². The number of nitrogen functional groups attached to an aromatic ring is 1. The van der Waals surface area contributed by atoms with Crippen molar-refractivity contribution in [2.45, 2.75) is 0 Å². The van der Waals surface area contributed by atoms with E-state index in [1.807, 2.05) is 30.3 Å². The molecule has 0 saturated carbocycles. The molecular formula is C20H13F2N3O. The lowest BCUT2D eigenvalue weighted by Crippen LogP contribution is -2.07. The SMILES string of the molecule is Nc1nc2ccc(C(=O)c3cccc(F)c3F)cn2c1-c1ccccc1. The number of carbonyl (C=O) groups is 1. The number of imidazole rings is 1. The van der Waals surface area contributed by atoms with Crippen LogP contribution in [0.3, 0.4) is 0 Å². The van der Waals surface area contributed by atoms with Crippen LogP contribution in [0.15, 0.2) is 66.9 Å². The monoisotopic (exact) mass is 349 g/mol. The smallest absolute Gasteiger partial charge is 0.197 e. The first-order valence-electron chi connectivity index (χ1n) is 7.88. The van der Waals surface area contributed by atoms with Gasteiger partial charge in [-0.2, -0.15) is 0 Å². The Labute approximate surface area is 147 Å². The van der Waals surface area contributed by atoms with Crippen molar-refractivity contribution in [3.05, 3.63) is 89.6 Å². The van der Waals surface area contributed by atoms with Crippen LogP contribution in [-0.2, 0) is 0 Å². The van der Waals surface area contributed by atoms with E-state index in [0.717, 1.165) is 11.6 Å². The maximum atomic E-state index is 14.0. The summed E-state index contributed by atoms with van der Waals surface area (Å²) in [4.78, 5) is 16.9. The summed E-state index contributed by atoms with van der Waals surface area (Å²) in [5.74, 6) is -2.52. The van der Waals surface area contributed by atoms with Crippen LogP contribution in [0.4, 0.5) is 14.6 Å². The zero-order valence-corrected chi connectivity index (χ0v) is 13.5. The molecule has 26 heavy (non-hydrogen) atoms. The number of benzene rings is 2. The second kappa shape index (κ2) is 6.07. The molecule has 0 aliphatic heterocycles. The zero-order valence-electron chi connectivity index (χ0n) is 13.5. The van der Waals surface area contributed by atoms with Gasteiger partial charge in [-0.15, -0.1) is 0 Å². The topological polar surface area (TPSA) is 60.4 Å². The fourth-order valence-electron chi connectivity index (χ4n) is 2.91. The molecule has 2 N–H and O–H groups in total. The van der Waals surface area contributed by atoms with Crippen molar-refractivity contribution in [2.75, 3.05) is 5.73 Å². The molecule has 2 aromatic heterocycles. The predicted octanol–water partition coefficient (Wildman–Crippen LogP) is 4.09. The summed E-state index contributed by atoms with van der Waals surface area (Å²) in [7, 11) is 0. The highest BCUT2D eigenvalue weighted by molar-refractivity contribution is 6.09. The van der Waals surface area contributed by atoms with E-state index in [0.29, 0.717) is 17.2 Å². The van der Waals surface area contributed by atoms with Crippen molar-refractivity contribution in [1.82, 2.24) is 9.38 Å². The molecule has 0 saturated heterocycles. The Morgan fingerprint density at radius 3 is 2.50 bits per heavy atom. The van der Waals surface area contributed by atoms with Crippen molar-refractivity contribution >= 4 is 17.2 Å². The second-order valence-electron chi connectivity index (χ2n) is 5.79. The van der Waals surface area contributed by atoms with E-state index in [9.17, 15) is 13.6 Å². The summed E-state index contributed by atoms with van der Waals surface area (Å²) in [6.07, 6.45) is 1.54. The fraction of sp³-hybridized carbons (Fsp3) is 0. The number of halogens is 2. The van der Waals surface area contributed by atoms with Gasteiger partial charge in [0.1, 0.15) is 5.65 Å². The zero-order chi connectivity index (χ0) is 18.3. The van der Waals surface area contributed by atoms with Gasteiger partial charge >= 0.3 is 0 Å². The van der Waals surface area contributed by atoms with E-state index < -0.39 is 17.4 Å². The van der Waals surface area contributed by atoms with Gasteiger partial charge in [0.05, 0.1) is 11.3 Å². The number of hydrogen-bond donors (Lipinski definition) is 1. The molecule has 0 aliphatic carbocycles. The molecule has 0 bridgehead atoms. The lowest BCUT2D eigenvalue weighted by Gasteiger charge is -2.07. The molecule has 0 amide bonds. The minimum Gasteiger partial charge on any atom is -0.382 e. The number of nitrogens with zero attached hydrogens (tertiary/aromatic N) is 2. The van der Waals surface area contributed by atoms with Crippen molar-refractivity contribution in [2.24, 2.45) is 0 Å². The highest BCUT2D eigenvalue weighted by atomic mass is 19.2. The molecule has 0 fully saturated rings. The van der Waals surface area contributed by atoms with Crippen molar-refractivity contribution in [1.29, 1.82) is 0 Å². The van der Waals surface area contributed by atoms with Crippen LogP contribution in [0, 0.1) is 11.6 Å². The van der Waals surface area contributed by atoms with Crippen LogP contribution < -0.4 is 5.73 Å². The van der Waals surface area contributed by atoms with Gasteiger partial charge in [-0.05, 0) is 24.3 Å². The number of anilines is 1. The Kier molecular flexibility index (Phi) is 3.73. The number of carbonyl (C=O) groups excluding carboxylic acids is 1. The van der Waals surface area contributed by atoms with E-state index in [2.05, 4.69) is 4.98 Å².